The average molecular weight is 492 g/mol. The standard InChI is InChI=1S/C26H26FN5O4/c1-35-16-22-20(13-18-7-9-19(10-8-18)15-32-12-3-2-6-24(32)33)25(31-30-22)26(34)29-14-21-23(36-17-27)5-4-11-28-21/h2-12H,13-17H2,1H3,(H,29,34)(H,30,31). The van der Waals surface area contributed by atoms with Crippen molar-refractivity contribution in [1.29, 1.82) is 0 Å². The number of ether oxygens (including phenoxy) is 2. The first-order chi connectivity index (χ1) is 17.6. The number of nitrogens with zero attached hydrogens (tertiary/aromatic N) is 3. The van der Waals surface area contributed by atoms with E-state index < -0.39 is 12.8 Å². The number of rotatable bonds is 11. The number of benzene rings is 1. The van der Waals surface area contributed by atoms with E-state index in [1.165, 1.54) is 6.07 Å². The summed E-state index contributed by atoms with van der Waals surface area (Å²) in [5, 5.41) is 9.89. The number of amides is 1. The van der Waals surface area contributed by atoms with Gasteiger partial charge in [0.25, 0.3) is 11.5 Å². The molecular formula is C26H26FN5O4. The lowest BCUT2D eigenvalue weighted by atomic mass is 10.0. The van der Waals surface area contributed by atoms with E-state index in [1.54, 1.807) is 42.3 Å². The van der Waals surface area contributed by atoms with E-state index in [2.05, 4.69) is 20.5 Å². The second kappa shape index (κ2) is 11.9. The fourth-order valence-electron chi connectivity index (χ4n) is 3.79. The quantitative estimate of drug-likeness (QED) is 0.334. The van der Waals surface area contributed by atoms with Crippen molar-refractivity contribution in [1.82, 2.24) is 25.1 Å². The zero-order valence-corrected chi connectivity index (χ0v) is 19.7. The van der Waals surface area contributed by atoms with Gasteiger partial charge in [0.2, 0.25) is 6.86 Å². The molecule has 4 rings (SSSR count). The Morgan fingerprint density at radius 3 is 2.67 bits per heavy atom. The van der Waals surface area contributed by atoms with Gasteiger partial charge in [0.05, 0.1) is 25.4 Å². The Kier molecular flexibility index (Phi) is 8.20. The summed E-state index contributed by atoms with van der Waals surface area (Å²) in [7, 11) is 1.57. The zero-order chi connectivity index (χ0) is 25.3. The number of carbonyl (C=O) groups excluding carboxylic acids is 1. The summed E-state index contributed by atoms with van der Waals surface area (Å²) in [5.74, 6) is -0.138. The Balaban J connectivity index is 1.49. The van der Waals surface area contributed by atoms with Gasteiger partial charge in [-0.05, 0) is 29.3 Å². The highest BCUT2D eigenvalue weighted by molar-refractivity contribution is 5.94. The maximum atomic E-state index is 13.0. The van der Waals surface area contributed by atoms with Gasteiger partial charge >= 0.3 is 0 Å². The third-order valence-corrected chi connectivity index (χ3v) is 5.59. The van der Waals surface area contributed by atoms with Crippen LogP contribution in [0, 0.1) is 0 Å². The molecular weight excluding hydrogens is 465 g/mol. The van der Waals surface area contributed by atoms with Crippen LogP contribution in [-0.4, -0.2) is 39.6 Å². The summed E-state index contributed by atoms with van der Waals surface area (Å²) in [4.78, 5) is 29.1. The van der Waals surface area contributed by atoms with Crippen LogP contribution in [-0.2, 0) is 30.9 Å². The first kappa shape index (κ1) is 24.8. The molecule has 0 aliphatic carbocycles. The first-order valence-corrected chi connectivity index (χ1v) is 11.3. The SMILES string of the molecule is COCc1[nH]nc(C(=O)NCc2ncccc2OCF)c1Cc1ccc(Cn2ccccc2=O)cc1. The van der Waals surface area contributed by atoms with E-state index >= 15 is 0 Å². The van der Waals surface area contributed by atoms with Gasteiger partial charge in [-0.1, -0.05) is 30.3 Å². The molecule has 0 fully saturated rings. The van der Waals surface area contributed by atoms with Crippen molar-refractivity contribution in [3.05, 3.63) is 111 Å². The molecule has 0 atom stereocenters. The fraction of sp³-hybridized carbons (Fsp3) is 0.231. The molecule has 0 aliphatic heterocycles. The molecule has 1 amide bonds. The first-order valence-electron chi connectivity index (χ1n) is 11.3. The summed E-state index contributed by atoms with van der Waals surface area (Å²) in [6.07, 6.45) is 3.74. The van der Waals surface area contributed by atoms with Crippen molar-refractivity contribution in [2.45, 2.75) is 26.1 Å². The maximum Gasteiger partial charge on any atom is 0.272 e. The number of H-pyrrole nitrogens is 1. The number of alkyl halides is 1. The van der Waals surface area contributed by atoms with E-state index in [9.17, 15) is 14.0 Å². The van der Waals surface area contributed by atoms with E-state index in [0.717, 1.165) is 11.1 Å². The van der Waals surface area contributed by atoms with Crippen LogP contribution in [0.1, 0.15) is 38.6 Å². The van der Waals surface area contributed by atoms with Crippen molar-refractivity contribution in [3.8, 4) is 5.75 Å². The van der Waals surface area contributed by atoms with Crippen molar-refractivity contribution >= 4 is 5.91 Å². The highest BCUT2D eigenvalue weighted by Gasteiger charge is 2.20. The minimum absolute atomic E-state index is 0.0501. The number of aromatic amines is 1. The van der Waals surface area contributed by atoms with Crippen LogP contribution in [0.3, 0.4) is 0 Å². The number of hydrogen-bond donors (Lipinski definition) is 2. The monoisotopic (exact) mass is 491 g/mol. The van der Waals surface area contributed by atoms with Gasteiger partial charge in [0.1, 0.15) is 11.4 Å². The molecule has 9 nitrogen and oxygen atoms in total. The molecule has 186 valence electrons. The molecule has 10 heteroatoms. The van der Waals surface area contributed by atoms with E-state index in [4.69, 9.17) is 9.47 Å². The maximum absolute atomic E-state index is 13.0. The molecule has 36 heavy (non-hydrogen) atoms. The van der Waals surface area contributed by atoms with Crippen molar-refractivity contribution in [2.75, 3.05) is 14.0 Å². The number of hydrogen-bond acceptors (Lipinski definition) is 6. The highest BCUT2D eigenvalue weighted by atomic mass is 19.1. The van der Waals surface area contributed by atoms with Crippen LogP contribution >= 0.6 is 0 Å². The molecule has 2 N–H and O–H groups in total. The van der Waals surface area contributed by atoms with Gasteiger partial charge in [0, 0.05) is 37.6 Å². The zero-order valence-electron chi connectivity index (χ0n) is 19.7. The van der Waals surface area contributed by atoms with Crippen LogP contribution in [0.25, 0.3) is 0 Å². The predicted molar refractivity (Wildman–Crippen MR) is 130 cm³/mol. The smallest absolute Gasteiger partial charge is 0.272 e. The molecule has 3 heterocycles. The average Bonchev–Trinajstić information content (AvgIpc) is 3.28. The highest BCUT2D eigenvalue weighted by Crippen LogP contribution is 2.20. The number of nitrogens with one attached hydrogen (secondary N) is 2. The molecule has 1 aromatic carbocycles. The van der Waals surface area contributed by atoms with Crippen LogP contribution < -0.4 is 15.6 Å². The lowest BCUT2D eigenvalue weighted by Gasteiger charge is -2.10. The third kappa shape index (κ3) is 6.02. The van der Waals surface area contributed by atoms with Crippen LogP contribution in [0.4, 0.5) is 4.39 Å². The van der Waals surface area contributed by atoms with Gasteiger partial charge in [-0.25, -0.2) is 4.39 Å². The summed E-state index contributed by atoms with van der Waals surface area (Å²) in [5.41, 5.74) is 3.95. The Hall–Kier alpha value is -4.31. The molecule has 0 unspecified atom stereocenters. The Labute approximate surface area is 206 Å². The van der Waals surface area contributed by atoms with Crippen molar-refractivity contribution in [2.24, 2.45) is 0 Å². The topological polar surface area (TPSA) is 111 Å². The van der Waals surface area contributed by atoms with Gasteiger partial charge in [-0.2, -0.15) is 5.10 Å². The molecule has 0 radical (unpaired) electrons. The summed E-state index contributed by atoms with van der Waals surface area (Å²) >= 11 is 0. The Morgan fingerprint density at radius 1 is 1.11 bits per heavy atom. The van der Waals surface area contributed by atoms with Crippen molar-refractivity contribution < 1.29 is 18.7 Å². The number of aromatic nitrogens is 4. The van der Waals surface area contributed by atoms with Gasteiger partial charge in [-0.15, -0.1) is 0 Å². The Morgan fingerprint density at radius 2 is 1.92 bits per heavy atom. The number of methoxy groups -OCH3 is 1. The molecule has 0 saturated carbocycles. The van der Waals surface area contributed by atoms with Crippen LogP contribution in [0.2, 0.25) is 0 Å². The van der Waals surface area contributed by atoms with E-state index in [0.29, 0.717) is 29.9 Å². The molecule has 0 spiro atoms. The lowest BCUT2D eigenvalue weighted by Crippen LogP contribution is -2.25. The summed E-state index contributed by atoms with van der Waals surface area (Å²) in [6, 6.07) is 16.1. The molecule has 0 saturated heterocycles. The van der Waals surface area contributed by atoms with E-state index in [1.807, 2.05) is 30.3 Å². The molecule has 4 aromatic rings. The van der Waals surface area contributed by atoms with Crippen molar-refractivity contribution in [3.63, 3.8) is 0 Å². The number of carbonyl (C=O) groups is 1. The number of pyridine rings is 2. The Bertz CT molecular complexity index is 1370. The second-order valence-electron chi connectivity index (χ2n) is 8.01. The largest absolute Gasteiger partial charge is 0.461 e. The fourth-order valence-corrected chi connectivity index (χ4v) is 3.79. The molecule has 3 aromatic heterocycles. The lowest BCUT2D eigenvalue weighted by molar-refractivity contribution is 0.0944. The number of halogens is 1. The minimum Gasteiger partial charge on any atom is -0.461 e. The summed E-state index contributed by atoms with van der Waals surface area (Å²) < 4.78 is 24.5. The van der Waals surface area contributed by atoms with Gasteiger partial charge in [0.15, 0.2) is 5.69 Å². The predicted octanol–water partition coefficient (Wildman–Crippen LogP) is 2.99. The normalized spacial score (nSPS) is 10.8. The van der Waals surface area contributed by atoms with Crippen LogP contribution in [0.15, 0.2) is 71.8 Å². The summed E-state index contributed by atoms with van der Waals surface area (Å²) in [6.45, 7) is -0.207. The molecule has 0 aliphatic rings. The third-order valence-electron chi connectivity index (χ3n) is 5.59. The van der Waals surface area contributed by atoms with Gasteiger partial charge < -0.3 is 19.4 Å². The van der Waals surface area contributed by atoms with Gasteiger partial charge in [-0.3, -0.25) is 19.7 Å². The second-order valence-corrected chi connectivity index (χ2v) is 8.01. The minimum atomic E-state index is -0.989. The van der Waals surface area contributed by atoms with E-state index in [-0.39, 0.29) is 30.2 Å². The van der Waals surface area contributed by atoms with Crippen LogP contribution in [0.5, 0.6) is 5.75 Å². The molecule has 0 bridgehead atoms.